The molecule has 0 saturated heterocycles. The van der Waals surface area contributed by atoms with Gasteiger partial charge in [-0.3, -0.25) is 4.79 Å². The molecule has 3 aromatic carbocycles. The predicted octanol–water partition coefficient (Wildman–Crippen LogP) is 5.27. The minimum Gasteiger partial charge on any atom is -0.308 e. The molecule has 0 bridgehead atoms. The fourth-order valence-corrected chi connectivity index (χ4v) is 5.80. The molecule has 8 heteroatoms. The minimum atomic E-state index is -3.95. The summed E-state index contributed by atoms with van der Waals surface area (Å²) in [5.41, 5.74) is 2.56. The Kier molecular flexibility index (Phi) is 6.72. The van der Waals surface area contributed by atoms with Crippen molar-refractivity contribution in [2.75, 3.05) is 11.4 Å². The Morgan fingerprint density at radius 2 is 1.72 bits per heavy atom. The molecule has 0 aromatic heterocycles. The number of benzene rings is 3. The van der Waals surface area contributed by atoms with Gasteiger partial charge in [0, 0.05) is 27.8 Å². The van der Waals surface area contributed by atoms with Crippen LogP contribution in [0.1, 0.15) is 18.1 Å². The Morgan fingerprint density at radius 3 is 2.44 bits per heavy atom. The van der Waals surface area contributed by atoms with Crippen LogP contribution in [0.4, 0.5) is 5.69 Å². The van der Waals surface area contributed by atoms with Crippen molar-refractivity contribution in [3.05, 3.63) is 93.4 Å². The minimum absolute atomic E-state index is 0.00627. The molecule has 1 heterocycles. The molecule has 5 nitrogen and oxygen atoms in total. The van der Waals surface area contributed by atoms with E-state index in [2.05, 4.69) is 15.9 Å². The molecule has 1 aliphatic heterocycles. The summed E-state index contributed by atoms with van der Waals surface area (Å²) in [6.45, 7) is 1.68. The highest BCUT2D eigenvalue weighted by molar-refractivity contribution is 9.10. The lowest BCUT2D eigenvalue weighted by Gasteiger charge is -2.28. The van der Waals surface area contributed by atoms with Gasteiger partial charge in [0.15, 0.2) is 0 Å². The van der Waals surface area contributed by atoms with E-state index in [-0.39, 0.29) is 29.9 Å². The van der Waals surface area contributed by atoms with Crippen molar-refractivity contribution in [1.29, 1.82) is 0 Å². The molecule has 0 fully saturated rings. The number of nitrogens with zero attached hydrogens (tertiary/aromatic N) is 2. The number of fused-ring (bicyclic) bond motifs is 1. The van der Waals surface area contributed by atoms with Crippen molar-refractivity contribution in [2.24, 2.45) is 0 Å². The molecule has 0 N–H and O–H groups in total. The maximum absolute atomic E-state index is 13.5. The third-order valence-electron chi connectivity index (χ3n) is 5.54. The van der Waals surface area contributed by atoms with Gasteiger partial charge < -0.3 is 4.90 Å². The van der Waals surface area contributed by atoms with Crippen LogP contribution in [0.15, 0.2) is 82.2 Å². The second-order valence-electron chi connectivity index (χ2n) is 7.76. The third-order valence-corrected chi connectivity index (χ3v) is 8.25. The lowest BCUT2D eigenvalue weighted by Crippen LogP contribution is -2.44. The van der Waals surface area contributed by atoms with Gasteiger partial charge in [-0.05, 0) is 60.9 Å². The van der Waals surface area contributed by atoms with Gasteiger partial charge in [0.25, 0.3) is 0 Å². The van der Waals surface area contributed by atoms with E-state index >= 15 is 0 Å². The molecular weight excluding hydrogens is 512 g/mol. The molecule has 1 amide bonds. The Labute approximate surface area is 201 Å². The number of amides is 1. The summed E-state index contributed by atoms with van der Waals surface area (Å²) in [4.78, 5) is 15.2. The van der Waals surface area contributed by atoms with Crippen molar-refractivity contribution >= 4 is 49.1 Å². The Balaban J connectivity index is 1.69. The van der Waals surface area contributed by atoms with Crippen LogP contribution in [0.2, 0.25) is 5.02 Å². The van der Waals surface area contributed by atoms with Gasteiger partial charge in [-0.2, -0.15) is 4.31 Å². The second kappa shape index (κ2) is 9.35. The average Bonchev–Trinajstić information content (AvgIpc) is 3.10. The number of halogens is 2. The predicted molar refractivity (Wildman–Crippen MR) is 130 cm³/mol. The van der Waals surface area contributed by atoms with E-state index in [1.54, 1.807) is 41.3 Å². The van der Waals surface area contributed by atoms with Gasteiger partial charge in [0.1, 0.15) is 0 Å². The summed E-state index contributed by atoms with van der Waals surface area (Å²) >= 11 is 9.65. The highest BCUT2D eigenvalue weighted by Crippen LogP contribution is 2.32. The normalized spacial score (nSPS) is 15.8. The Morgan fingerprint density at radius 1 is 1.06 bits per heavy atom. The number of hydrogen-bond donors (Lipinski definition) is 0. The van der Waals surface area contributed by atoms with Crippen LogP contribution in [0.3, 0.4) is 0 Å². The van der Waals surface area contributed by atoms with Crippen molar-refractivity contribution in [1.82, 2.24) is 4.31 Å². The van der Waals surface area contributed by atoms with Crippen molar-refractivity contribution < 1.29 is 13.2 Å². The lowest BCUT2D eigenvalue weighted by atomic mass is 10.1. The van der Waals surface area contributed by atoms with E-state index in [1.807, 2.05) is 31.2 Å². The van der Waals surface area contributed by atoms with Crippen LogP contribution >= 0.6 is 27.5 Å². The third kappa shape index (κ3) is 4.62. The largest absolute Gasteiger partial charge is 0.308 e. The molecule has 0 aliphatic carbocycles. The number of sulfonamides is 1. The van der Waals surface area contributed by atoms with E-state index in [0.29, 0.717) is 10.6 Å². The quantitative estimate of drug-likeness (QED) is 0.434. The zero-order valence-corrected chi connectivity index (χ0v) is 20.6. The van der Waals surface area contributed by atoms with Crippen LogP contribution in [0, 0.1) is 0 Å². The topological polar surface area (TPSA) is 57.7 Å². The smallest absolute Gasteiger partial charge is 0.243 e. The van der Waals surface area contributed by atoms with Crippen LogP contribution in [-0.2, 0) is 27.8 Å². The maximum Gasteiger partial charge on any atom is 0.243 e. The first-order valence-electron chi connectivity index (χ1n) is 10.2. The van der Waals surface area contributed by atoms with Crippen molar-refractivity contribution in [3.63, 3.8) is 0 Å². The van der Waals surface area contributed by atoms with Crippen LogP contribution in [-0.4, -0.2) is 31.2 Å². The van der Waals surface area contributed by atoms with Gasteiger partial charge >= 0.3 is 0 Å². The standard InChI is InChI=1S/C24H22BrClN2O3S/c1-17-14-18-6-3-5-9-23(18)28(17)24(29)16-27(15-19-7-2-4-8-22(19)26)32(30,31)21-12-10-20(25)11-13-21/h2-13,17H,14-16H2,1H3/t17-/m1/s1. The molecule has 32 heavy (non-hydrogen) atoms. The first-order chi connectivity index (χ1) is 15.3. The molecule has 0 unspecified atom stereocenters. The summed E-state index contributed by atoms with van der Waals surface area (Å²) in [6, 6.07) is 21.1. The molecule has 1 atom stereocenters. The molecule has 3 aromatic rings. The van der Waals surface area contributed by atoms with Gasteiger partial charge in [0.05, 0.1) is 11.4 Å². The number of para-hydroxylation sites is 1. The average molecular weight is 534 g/mol. The van der Waals surface area contributed by atoms with Gasteiger partial charge in [-0.25, -0.2) is 8.42 Å². The summed E-state index contributed by atoms with van der Waals surface area (Å²) in [5, 5.41) is 0.454. The fourth-order valence-electron chi connectivity index (χ4n) is 3.97. The monoisotopic (exact) mass is 532 g/mol. The number of hydrogen-bond acceptors (Lipinski definition) is 3. The maximum atomic E-state index is 13.5. The Hall–Kier alpha value is -2.19. The highest BCUT2D eigenvalue weighted by Gasteiger charge is 2.34. The van der Waals surface area contributed by atoms with E-state index in [0.717, 1.165) is 22.1 Å². The molecule has 0 spiro atoms. The Bertz CT molecular complexity index is 1250. The number of rotatable bonds is 6. The number of anilines is 1. The van der Waals surface area contributed by atoms with Gasteiger partial charge in [-0.1, -0.05) is 63.9 Å². The number of carbonyl (C=O) groups is 1. The van der Waals surface area contributed by atoms with E-state index < -0.39 is 10.0 Å². The number of carbonyl (C=O) groups excluding carboxylic acids is 1. The second-order valence-corrected chi connectivity index (χ2v) is 11.0. The first kappa shape index (κ1) is 23.0. The summed E-state index contributed by atoms with van der Waals surface area (Å²) in [5.74, 6) is -0.268. The highest BCUT2D eigenvalue weighted by atomic mass is 79.9. The molecule has 166 valence electrons. The van der Waals surface area contributed by atoms with Gasteiger partial charge in [-0.15, -0.1) is 0 Å². The van der Waals surface area contributed by atoms with E-state index in [4.69, 9.17) is 11.6 Å². The lowest BCUT2D eigenvalue weighted by molar-refractivity contribution is -0.119. The van der Waals surface area contributed by atoms with Crippen LogP contribution in [0.25, 0.3) is 0 Å². The first-order valence-corrected chi connectivity index (χ1v) is 12.8. The summed E-state index contributed by atoms with van der Waals surface area (Å²) in [6.07, 6.45) is 0.742. The van der Waals surface area contributed by atoms with E-state index in [9.17, 15) is 13.2 Å². The SMILES string of the molecule is C[C@@H]1Cc2ccccc2N1C(=O)CN(Cc1ccccc1Cl)S(=O)(=O)c1ccc(Br)cc1. The van der Waals surface area contributed by atoms with Crippen molar-refractivity contribution in [3.8, 4) is 0 Å². The van der Waals surface area contributed by atoms with Gasteiger partial charge in [0.2, 0.25) is 15.9 Å². The summed E-state index contributed by atoms with van der Waals surface area (Å²) in [7, 11) is -3.95. The van der Waals surface area contributed by atoms with Crippen LogP contribution < -0.4 is 4.90 Å². The zero-order valence-electron chi connectivity index (χ0n) is 17.4. The molecule has 1 aliphatic rings. The van der Waals surface area contributed by atoms with Crippen LogP contribution in [0.5, 0.6) is 0 Å². The van der Waals surface area contributed by atoms with E-state index in [1.165, 1.54) is 16.4 Å². The molecule has 0 radical (unpaired) electrons. The van der Waals surface area contributed by atoms with Crippen molar-refractivity contribution in [2.45, 2.75) is 30.8 Å². The summed E-state index contributed by atoms with van der Waals surface area (Å²) < 4.78 is 29.0. The molecular formula is C24H22BrClN2O3S. The zero-order chi connectivity index (χ0) is 22.9. The fraction of sp³-hybridized carbons (Fsp3) is 0.208. The molecule has 0 saturated carbocycles. The molecule has 4 rings (SSSR count).